The average Bonchev–Trinajstić information content (AvgIpc) is 3.45. The summed E-state index contributed by atoms with van der Waals surface area (Å²) in [6.07, 6.45) is 16.3. The predicted octanol–water partition coefficient (Wildman–Crippen LogP) is 4.30. The van der Waals surface area contributed by atoms with Crippen LogP contribution in [0.4, 0.5) is 5.95 Å². The standard InChI is InChI=1S/C25H37N7O/c1-3-4-17(2)29-25-27-14-22-23(18-13-28-32(15-18)20-9-11-26-12-10-20)16-31(24(22)30-25)19-5-7-21(33)8-6-19/h13-17,19-21,26,33H,3-12H2,1-2H3,(H,27,29,30)/t17-,19?,21?/m0/s1. The molecule has 0 radical (unpaired) electrons. The number of aliphatic hydroxyl groups is 1. The van der Waals surface area contributed by atoms with Crippen molar-refractivity contribution in [2.45, 2.75) is 89.4 Å². The lowest BCUT2D eigenvalue weighted by atomic mass is 9.93. The molecule has 1 aliphatic carbocycles. The maximum absolute atomic E-state index is 10.0. The van der Waals surface area contributed by atoms with Crippen LogP contribution in [0, 0.1) is 0 Å². The number of hydrogen-bond acceptors (Lipinski definition) is 6. The van der Waals surface area contributed by atoms with Crippen LogP contribution in [-0.4, -0.2) is 54.7 Å². The first-order chi connectivity index (χ1) is 16.1. The van der Waals surface area contributed by atoms with Gasteiger partial charge >= 0.3 is 0 Å². The molecule has 3 aromatic heterocycles. The average molecular weight is 452 g/mol. The van der Waals surface area contributed by atoms with Gasteiger partial charge in [-0.2, -0.15) is 10.1 Å². The van der Waals surface area contributed by atoms with Crippen LogP contribution in [0.2, 0.25) is 0 Å². The summed E-state index contributed by atoms with van der Waals surface area (Å²) in [5.41, 5.74) is 3.24. The van der Waals surface area contributed by atoms with Crippen molar-refractivity contribution in [3.05, 3.63) is 24.8 Å². The van der Waals surface area contributed by atoms with E-state index in [1.165, 1.54) is 0 Å². The van der Waals surface area contributed by atoms with Gasteiger partial charge in [0.25, 0.3) is 0 Å². The van der Waals surface area contributed by atoms with E-state index in [0.29, 0.717) is 24.1 Å². The zero-order chi connectivity index (χ0) is 22.8. The van der Waals surface area contributed by atoms with E-state index in [1.54, 1.807) is 0 Å². The fraction of sp³-hybridized carbons (Fsp3) is 0.640. The Bertz CT molecular complexity index is 1060. The van der Waals surface area contributed by atoms with E-state index in [0.717, 1.165) is 86.6 Å². The highest BCUT2D eigenvalue weighted by atomic mass is 16.3. The smallest absolute Gasteiger partial charge is 0.224 e. The van der Waals surface area contributed by atoms with Crippen LogP contribution in [0.3, 0.4) is 0 Å². The monoisotopic (exact) mass is 451 g/mol. The highest BCUT2D eigenvalue weighted by molar-refractivity contribution is 5.93. The largest absolute Gasteiger partial charge is 0.393 e. The molecule has 1 saturated carbocycles. The van der Waals surface area contributed by atoms with Crippen LogP contribution in [-0.2, 0) is 0 Å². The lowest BCUT2D eigenvalue weighted by molar-refractivity contribution is 0.111. The summed E-state index contributed by atoms with van der Waals surface area (Å²) in [5.74, 6) is 0.690. The molecule has 1 atom stereocenters. The SMILES string of the molecule is CCC[C@H](C)Nc1ncc2c(-c3cnn(C4CCNCC4)c3)cn(C3CCC(O)CC3)c2n1. The molecule has 4 heterocycles. The molecule has 2 aliphatic rings. The second-order valence-electron chi connectivity index (χ2n) is 9.87. The Morgan fingerprint density at radius 3 is 2.64 bits per heavy atom. The molecule has 33 heavy (non-hydrogen) atoms. The number of nitrogens with zero attached hydrogens (tertiary/aromatic N) is 5. The fourth-order valence-corrected chi connectivity index (χ4v) is 5.42. The maximum Gasteiger partial charge on any atom is 0.224 e. The Balaban J connectivity index is 1.51. The molecule has 2 fully saturated rings. The predicted molar refractivity (Wildman–Crippen MR) is 131 cm³/mol. The first kappa shape index (κ1) is 22.3. The van der Waals surface area contributed by atoms with Crippen molar-refractivity contribution in [1.29, 1.82) is 0 Å². The van der Waals surface area contributed by atoms with Crippen LogP contribution in [0.15, 0.2) is 24.8 Å². The molecule has 5 rings (SSSR count). The topological polar surface area (TPSA) is 92.8 Å². The van der Waals surface area contributed by atoms with Gasteiger partial charge in [0.15, 0.2) is 0 Å². The molecule has 1 saturated heterocycles. The summed E-state index contributed by atoms with van der Waals surface area (Å²) in [4.78, 5) is 9.65. The molecule has 0 unspecified atom stereocenters. The lowest BCUT2D eigenvalue weighted by Crippen LogP contribution is -2.29. The Morgan fingerprint density at radius 2 is 1.88 bits per heavy atom. The quantitative estimate of drug-likeness (QED) is 0.496. The van der Waals surface area contributed by atoms with Gasteiger partial charge in [0.05, 0.1) is 18.3 Å². The Labute approximate surface area is 195 Å². The Hall–Kier alpha value is -2.45. The number of hydrogen-bond donors (Lipinski definition) is 3. The van der Waals surface area contributed by atoms with Gasteiger partial charge in [-0.25, -0.2) is 4.98 Å². The molecule has 0 spiro atoms. The van der Waals surface area contributed by atoms with Gasteiger partial charge in [0.2, 0.25) is 5.95 Å². The van der Waals surface area contributed by atoms with Crippen LogP contribution in [0.25, 0.3) is 22.2 Å². The first-order valence-corrected chi connectivity index (χ1v) is 12.7. The van der Waals surface area contributed by atoms with E-state index in [2.05, 4.69) is 51.1 Å². The van der Waals surface area contributed by atoms with Gasteiger partial charge in [-0.3, -0.25) is 4.68 Å². The molecule has 0 bridgehead atoms. The van der Waals surface area contributed by atoms with Crippen molar-refractivity contribution in [1.82, 2.24) is 29.6 Å². The van der Waals surface area contributed by atoms with Gasteiger partial charge in [0, 0.05) is 47.2 Å². The second-order valence-corrected chi connectivity index (χ2v) is 9.87. The molecule has 3 N–H and O–H groups in total. The van der Waals surface area contributed by atoms with E-state index < -0.39 is 0 Å². The number of aliphatic hydroxyl groups excluding tert-OH is 1. The fourth-order valence-electron chi connectivity index (χ4n) is 5.42. The lowest BCUT2D eigenvalue weighted by Gasteiger charge is -2.27. The van der Waals surface area contributed by atoms with Crippen molar-refractivity contribution < 1.29 is 5.11 Å². The first-order valence-electron chi connectivity index (χ1n) is 12.7. The second kappa shape index (κ2) is 9.81. The van der Waals surface area contributed by atoms with Crippen molar-refractivity contribution in [2.75, 3.05) is 18.4 Å². The molecule has 3 aromatic rings. The molecule has 8 heteroatoms. The van der Waals surface area contributed by atoms with E-state index in [4.69, 9.17) is 10.1 Å². The third-order valence-corrected chi connectivity index (χ3v) is 7.32. The zero-order valence-electron chi connectivity index (χ0n) is 19.9. The van der Waals surface area contributed by atoms with Gasteiger partial charge in [0.1, 0.15) is 5.65 Å². The van der Waals surface area contributed by atoms with Gasteiger partial charge in [-0.1, -0.05) is 13.3 Å². The van der Waals surface area contributed by atoms with E-state index in [1.807, 2.05) is 12.4 Å². The summed E-state index contributed by atoms with van der Waals surface area (Å²) >= 11 is 0. The third-order valence-electron chi connectivity index (χ3n) is 7.32. The van der Waals surface area contributed by atoms with Gasteiger partial charge in [-0.05, 0) is 65.0 Å². The molecule has 1 aliphatic heterocycles. The van der Waals surface area contributed by atoms with E-state index >= 15 is 0 Å². The normalized spacial score (nSPS) is 23.1. The number of nitrogens with one attached hydrogen (secondary N) is 2. The maximum atomic E-state index is 10.0. The highest BCUT2D eigenvalue weighted by Gasteiger charge is 2.25. The summed E-state index contributed by atoms with van der Waals surface area (Å²) in [5, 5.41) is 22.7. The number of fused-ring (bicyclic) bond motifs is 1. The van der Waals surface area contributed by atoms with E-state index in [9.17, 15) is 5.11 Å². The number of aromatic nitrogens is 5. The molecule has 0 amide bonds. The van der Waals surface area contributed by atoms with Crippen LogP contribution >= 0.6 is 0 Å². The number of piperidine rings is 1. The van der Waals surface area contributed by atoms with Crippen molar-refractivity contribution in [3.8, 4) is 11.1 Å². The van der Waals surface area contributed by atoms with Crippen molar-refractivity contribution >= 4 is 17.0 Å². The Kier molecular flexibility index (Phi) is 6.64. The van der Waals surface area contributed by atoms with Gasteiger partial charge < -0.3 is 20.3 Å². The number of rotatable bonds is 7. The van der Waals surface area contributed by atoms with Crippen molar-refractivity contribution in [3.63, 3.8) is 0 Å². The minimum atomic E-state index is -0.174. The van der Waals surface area contributed by atoms with Gasteiger partial charge in [-0.15, -0.1) is 0 Å². The summed E-state index contributed by atoms with van der Waals surface area (Å²) < 4.78 is 4.47. The summed E-state index contributed by atoms with van der Waals surface area (Å²) in [7, 11) is 0. The highest BCUT2D eigenvalue weighted by Crippen LogP contribution is 2.37. The summed E-state index contributed by atoms with van der Waals surface area (Å²) in [6.45, 7) is 6.47. The molecule has 8 nitrogen and oxygen atoms in total. The molecular formula is C25H37N7O. The van der Waals surface area contributed by atoms with Crippen LogP contribution in [0.1, 0.15) is 77.3 Å². The Morgan fingerprint density at radius 1 is 1.09 bits per heavy atom. The number of anilines is 1. The van der Waals surface area contributed by atoms with Crippen LogP contribution < -0.4 is 10.6 Å². The molecule has 178 valence electrons. The van der Waals surface area contributed by atoms with E-state index in [-0.39, 0.29) is 6.10 Å². The molecular weight excluding hydrogens is 414 g/mol. The van der Waals surface area contributed by atoms with Crippen molar-refractivity contribution in [2.24, 2.45) is 0 Å². The minimum absolute atomic E-state index is 0.174. The summed E-state index contributed by atoms with van der Waals surface area (Å²) in [6, 6.07) is 1.14. The molecule has 0 aromatic carbocycles. The van der Waals surface area contributed by atoms with Crippen LogP contribution in [0.5, 0.6) is 0 Å². The minimum Gasteiger partial charge on any atom is -0.393 e. The zero-order valence-corrected chi connectivity index (χ0v) is 19.9. The third kappa shape index (κ3) is 4.77.